The van der Waals surface area contributed by atoms with Crippen LogP contribution in [0.2, 0.25) is 0 Å². The van der Waals surface area contributed by atoms with E-state index in [-0.39, 0.29) is 34.1 Å². The molecule has 0 saturated heterocycles. The molecule has 3 nitrogen and oxygen atoms in total. The van der Waals surface area contributed by atoms with Crippen molar-refractivity contribution < 1.29 is 40.6 Å². The summed E-state index contributed by atoms with van der Waals surface area (Å²) in [5.41, 5.74) is 0.697. The maximum absolute atomic E-state index is 12.3. The minimum Gasteiger partial charge on any atom is -0.872 e. The van der Waals surface area contributed by atoms with Crippen molar-refractivity contribution in [3.63, 3.8) is 0 Å². The molecule has 0 aromatic heterocycles. The average molecular weight is 396 g/mol. The van der Waals surface area contributed by atoms with Crippen LogP contribution in [-0.4, -0.2) is 12.6 Å². The number of benzene rings is 1. The monoisotopic (exact) mass is 396 g/mol. The van der Waals surface area contributed by atoms with Gasteiger partial charge >= 0.3 is 24.5 Å². The predicted octanol–water partition coefficient (Wildman–Crippen LogP) is 3.85. The molecule has 0 heterocycles. The fourth-order valence-corrected chi connectivity index (χ4v) is 1.99. The summed E-state index contributed by atoms with van der Waals surface area (Å²) in [6, 6.07) is 13.4. The van der Waals surface area contributed by atoms with Gasteiger partial charge in [0.25, 0.3) is 0 Å². The van der Waals surface area contributed by atoms with Crippen LogP contribution in [0.15, 0.2) is 90.6 Å². The third-order valence-electron chi connectivity index (χ3n) is 3.12. The zero-order valence-corrected chi connectivity index (χ0v) is 14.6. The van der Waals surface area contributed by atoms with Crippen molar-refractivity contribution >= 4 is 13.2 Å². The molecule has 0 unspecified atom stereocenters. The molecule has 1 aliphatic rings. The number of phenols is 1. The van der Waals surface area contributed by atoms with Crippen LogP contribution in [0.4, 0.5) is 8.63 Å². The molecule has 2 aromatic carbocycles. The Morgan fingerprint density at radius 2 is 1.81 bits per heavy atom. The first kappa shape index (κ1) is 21.4. The van der Waals surface area contributed by atoms with Crippen molar-refractivity contribution in [2.45, 2.75) is 0 Å². The van der Waals surface area contributed by atoms with Gasteiger partial charge in [0.1, 0.15) is 11.5 Å². The van der Waals surface area contributed by atoms with E-state index < -0.39 is 13.2 Å². The molecule has 134 valence electrons. The zero-order chi connectivity index (χ0) is 18.1. The molecular formula is C19H15BF2FeO3. The van der Waals surface area contributed by atoms with Crippen molar-refractivity contribution in [3.8, 4) is 11.5 Å². The predicted molar refractivity (Wildman–Crippen MR) is 93.1 cm³/mol. The van der Waals surface area contributed by atoms with Gasteiger partial charge < -0.3 is 14.9 Å². The molecule has 0 aliphatic heterocycles. The Balaban J connectivity index is 0.000000486. The summed E-state index contributed by atoms with van der Waals surface area (Å²) in [6.07, 6.45) is 10.0. The maximum atomic E-state index is 12.3. The van der Waals surface area contributed by atoms with Gasteiger partial charge in [-0.2, -0.15) is 18.2 Å². The van der Waals surface area contributed by atoms with Crippen LogP contribution in [0.3, 0.4) is 0 Å². The van der Waals surface area contributed by atoms with Crippen LogP contribution < -0.4 is 9.76 Å². The fourth-order valence-electron chi connectivity index (χ4n) is 1.99. The Morgan fingerprint density at radius 1 is 1.15 bits per heavy atom. The maximum Gasteiger partial charge on any atom is 2.00 e. The second kappa shape index (κ2) is 11.1. The van der Waals surface area contributed by atoms with Crippen LogP contribution in [0.25, 0.3) is 5.76 Å². The molecule has 3 rings (SSSR count). The molecule has 1 N–H and O–H groups in total. The molecule has 2 aromatic rings. The van der Waals surface area contributed by atoms with E-state index in [1.54, 1.807) is 18.2 Å². The number of rotatable bonds is 4. The number of hydrogen-bond donors (Lipinski definition) is 1. The molecule has 0 radical (unpaired) electrons. The summed E-state index contributed by atoms with van der Waals surface area (Å²) in [4.78, 5) is 0. The Bertz CT molecular complexity index is 766. The van der Waals surface area contributed by atoms with E-state index in [1.165, 1.54) is 12.1 Å². The van der Waals surface area contributed by atoms with Gasteiger partial charge in [-0.15, -0.1) is 0 Å². The largest absolute Gasteiger partial charge is 2.00 e. The van der Waals surface area contributed by atoms with Gasteiger partial charge in [0.2, 0.25) is 0 Å². The molecule has 0 saturated carbocycles. The van der Waals surface area contributed by atoms with Gasteiger partial charge in [-0.3, -0.25) is 0 Å². The van der Waals surface area contributed by atoms with Crippen LogP contribution in [0, 0.1) is 0 Å². The quantitative estimate of drug-likeness (QED) is 0.486. The Hall–Kier alpha value is -2.63. The molecule has 1 aliphatic carbocycles. The van der Waals surface area contributed by atoms with E-state index in [2.05, 4.69) is 4.65 Å². The summed E-state index contributed by atoms with van der Waals surface area (Å²) in [6.45, 7) is 0. The zero-order valence-electron chi connectivity index (χ0n) is 13.5. The van der Waals surface area contributed by atoms with E-state index >= 15 is 0 Å². The van der Waals surface area contributed by atoms with Crippen molar-refractivity contribution in [1.82, 2.24) is 0 Å². The number of phenolic OH excluding ortho intramolecular Hbond substituents is 1. The van der Waals surface area contributed by atoms with Gasteiger partial charge in [0.15, 0.2) is 0 Å². The minimum absolute atomic E-state index is 0. The SMILES string of the molecule is [Fe+2].[O-]C(=CC=C1C=CC=C1)c1cc(O)ccc1OB(F)F.c1cc[cH-]c1. The number of hydrogen-bond acceptors (Lipinski definition) is 3. The van der Waals surface area contributed by atoms with E-state index in [1.807, 2.05) is 42.5 Å². The first-order valence-electron chi connectivity index (χ1n) is 7.45. The van der Waals surface area contributed by atoms with Gasteiger partial charge in [0.05, 0.1) is 0 Å². The van der Waals surface area contributed by atoms with Gasteiger partial charge in [-0.25, -0.2) is 20.8 Å². The van der Waals surface area contributed by atoms with E-state index in [0.717, 1.165) is 17.7 Å². The van der Waals surface area contributed by atoms with Gasteiger partial charge in [0, 0.05) is 5.56 Å². The summed E-state index contributed by atoms with van der Waals surface area (Å²) >= 11 is 0. The summed E-state index contributed by atoms with van der Waals surface area (Å²) in [5.74, 6) is -0.996. The van der Waals surface area contributed by atoms with E-state index in [9.17, 15) is 18.8 Å². The topological polar surface area (TPSA) is 52.5 Å². The summed E-state index contributed by atoms with van der Waals surface area (Å²) in [5, 5.41) is 21.3. The van der Waals surface area contributed by atoms with Crippen LogP contribution in [0.1, 0.15) is 5.56 Å². The minimum atomic E-state index is -3.04. The molecular weight excluding hydrogens is 381 g/mol. The normalized spacial score (nSPS) is 12.1. The number of allylic oxidation sites excluding steroid dienone is 7. The Labute approximate surface area is 161 Å². The molecule has 0 fully saturated rings. The molecule has 0 amide bonds. The molecule has 26 heavy (non-hydrogen) atoms. The average Bonchev–Trinajstić information content (AvgIpc) is 3.30. The van der Waals surface area contributed by atoms with Crippen molar-refractivity contribution in [1.29, 1.82) is 0 Å². The Kier molecular flexibility index (Phi) is 9.13. The number of halogens is 2. The molecule has 0 atom stereocenters. The summed E-state index contributed by atoms with van der Waals surface area (Å²) in [7, 11) is -3.04. The van der Waals surface area contributed by atoms with E-state index in [4.69, 9.17) is 0 Å². The summed E-state index contributed by atoms with van der Waals surface area (Å²) < 4.78 is 28.8. The van der Waals surface area contributed by atoms with Crippen molar-refractivity contribution in [3.05, 3.63) is 96.1 Å². The smallest absolute Gasteiger partial charge is 0.872 e. The standard InChI is InChI=1S/C14H11BF2O3.C5H5.Fe/c16-15(17)20-14-8-6-11(18)9-12(14)13(19)7-5-10-3-1-2-4-10;1-2-4-5-3-1;/h1-9,18-19H;1-5H;/q;-1;+2/p-1. The van der Waals surface area contributed by atoms with Crippen LogP contribution in [-0.2, 0) is 17.1 Å². The van der Waals surface area contributed by atoms with Gasteiger partial charge in [-0.05, 0) is 23.8 Å². The first-order valence-corrected chi connectivity index (χ1v) is 7.45. The molecule has 0 spiro atoms. The first-order chi connectivity index (χ1) is 12.1. The second-order valence-electron chi connectivity index (χ2n) is 4.94. The third-order valence-corrected chi connectivity index (χ3v) is 3.12. The second-order valence-corrected chi connectivity index (χ2v) is 4.94. The molecule has 0 bridgehead atoms. The van der Waals surface area contributed by atoms with Crippen LogP contribution >= 0.6 is 0 Å². The van der Waals surface area contributed by atoms with Crippen molar-refractivity contribution in [2.24, 2.45) is 0 Å². The number of aromatic hydroxyl groups is 1. The fraction of sp³-hybridized carbons (Fsp3) is 0. The van der Waals surface area contributed by atoms with Crippen molar-refractivity contribution in [2.75, 3.05) is 0 Å². The third kappa shape index (κ3) is 7.09. The van der Waals surface area contributed by atoms with Crippen LogP contribution in [0.5, 0.6) is 11.5 Å². The van der Waals surface area contributed by atoms with Gasteiger partial charge in [-0.1, -0.05) is 42.2 Å². The van der Waals surface area contributed by atoms with E-state index in [0.29, 0.717) is 0 Å². The molecule has 7 heteroatoms. The Morgan fingerprint density at radius 3 is 2.35 bits per heavy atom.